The van der Waals surface area contributed by atoms with Gasteiger partial charge in [-0.2, -0.15) is 0 Å². The van der Waals surface area contributed by atoms with Crippen molar-refractivity contribution in [1.29, 1.82) is 0 Å². The molecule has 0 saturated carbocycles. The zero-order valence-electron chi connectivity index (χ0n) is 11.6. The monoisotopic (exact) mass is 323 g/mol. The van der Waals surface area contributed by atoms with Crippen molar-refractivity contribution < 1.29 is 5.11 Å². The third-order valence-electron chi connectivity index (χ3n) is 4.01. The van der Waals surface area contributed by atoms with Crippen LogP contribution in [0.4, 0.5) is 0 Å². The highest BCUT2D eigenvalue weighted by Crippen LogP contribution is 2.40. The molecule has 1 aliphatic carbocycles. The number of hydrogen-bond donors (Lipinski definition) is 1. The lowest BCUT2D eigenvalue weighted by Gasteiger charge is -2.16. The number of aryl methyl sites for hydroxylation is 1. The summed E-state index contributed by atoms with van der Waals surface area (Å²) in [5, 5.41) is 10.8. The molecule has 21 heavy (non-hydrogen) atoms. The van der Waals surface area contributed by atoms with Crippen LogP contribution in [-0.2, 0) is 19.4 Å². The summed E-state index contributed by atoms with van der Waals surface area (Å²) in [7, 11) is 0. The number of benzene rings is 1. The summed E-state index contributed by atoms with van der Waals surface area (Å²) in [6.07, 6.45) is 2.71. The van der Waals surface area contributed by atoms with Crippen molar-refractivity contribution in [3.8, 4) is 17.0 Å². The summed E-state index contributed by atoms with van der Waals surface area (Å²) in [6, 6.07) is 5.01. The maximum absolute atomic E-state index is 12.6. The lowest BCUT2D eigenvalue weighted by atomic mass is 10.0. The number of nitrogens with zero attached hydrogens (tertiary/aromatic N) is 1. The van der Waals surface area contributed by atoms with Gasteiger partial charge in [-0.05, 0) is 49.9 Å². The van der Waals surface area contributed by atoms with Crippen molar-refractivity contribution in [3.63, 3.8) is 0 Å². The maximum atomic E-state index is 12.6. The average molecular weight is 324 g/mol. The van der Waals surface area contributed by atoms with E-state index in [1.54, 1.807) is 10.6 Å². The number of rotatable bonds is 2. The smallest absolute Gasteiger partial charge is 0.254 e. The molecule has 3 rings (SSSR count). The topological polar surface area (TPSA) is 42.2 Å². The molecule has 3 nitrogen and oxygen atoms in total. The van der Waals surface area contributed by atoms with E-state index in [4.69, 9.17) is 23.2 Å². The fourth-order valence-electron chi connectivity index (χ4n) is 2.99. The molecule has 0 bridgehead atoms. The van der Waals surface area contributed by atoms with Gasteiger partial charge in [0, 0.05) is 12.1 Å². The molecule has 0 radical (unpaired) electrons. The minimum Gasteiger partial charge on any atom is -0.507 e. The molecule has 1 N–H and O–H groups in total. The number of fused-ring (bicyclic) bond motifs is 1. The molecule has 2 aromatic rings. The fraction of sp³-hybridized carbons (Fsp3) is 0.312. The van der Waals surface area contributed by atoms with Crippen LogP contribution in [0.3, 0.4) is 0 Å². The van der Waals surface area contributed by atoms with E-state index in [0.717, 1.165) is 30.4 Å². The Labute approximate surface area is 132 Å². The highest BCUT2D eigenvalue weighted by molar-refractivity contribution is 6.44. The van der Waals surface area contributed by atoms with Gasteiger partial charge in [0.1, 0.15) is 5.75 Å². The van der Waals surface area contributed by atoms with Crippen molar-refractivity contribution >= 4 is 23.2 Å². The number of phenolic OH excluding ortho intramolecular Hbond substituents is 1. The van der Waals surface area contributed by atoms with Crippen molar-refractivity contribution in [1.82, 2.24) is 4.57 Å². The van der Waals surface area contributed by atoms with Crippen LogP contribution in [-0.4, -0.2) is 9.67 Å². The number of aromatic hydroxyl groups is 1. The second-order valence-electron chi connectivity index (χ2n) is 5.19. The van der Waals surface area contributed by atoms with Gasteiger partial charge >= 0.3 is 0 Å². The van der Waals surface area contributed by atoms with Gasteiger partial charge < -0.3 is 9.67 Å². The van der Waals surface area contributed by atoms with Crippen LogP contribution >= 0.6 is 23.2 Å². The minimum atomic E-state index is 0.0120. The molecule has 0 unspecified atom stereocenters. The quantitative estimate of drug-likeness (QED) is 0.906. The first kappa shape index (κ1) is 14.5. The zero-order chi connectivity index (χ0) is 15.1. The van der Waals surface area contributed by atoms with Crippen LogP contribution < -0.4 is 5.56 Å². The Bertz CT molecular complexity index is 781. The van der Waals surface area contributed by atoms with E-state index >= 15 is 0 Å². The molecule has 0 saturated heterocycles. The first-order valence-corrected chi connectivity index (χ1v) is 7.73. The highest BCUT2D eigenvalue weighted by Gasteiger charge is 2.22. The lowest BCUT2D eigenvalue weighted by Crippen LogP contribution is -2.24. The van der Waals surface area contributed by atoms with Gasteiger partial charge in [-0.25, -0.2) is 0 Å². The first-order chi connectivity index (χ1) is 10.0. The Hall–Kier alpha value is -1.45. The summed E-state index contributed by atoms with van der Waals surface area (Å²) in [6.45, 7) is 2.42. The Morgan fingerprint density at radius 3 is 2.76 bits per heavy atom. The summed E-state index contributed by atoms with van der Waals surface area (Å²) >= 11 is 12.3. The molecule has 0 atom stereocenters. The van der Waals surface area contributed by atoms with E-state index in [0.29, 0.717) is 22.8 Å². The molecule has 1 heterocycles. The number of halogens is 2. The Kier molecular flexibility index (Phi) is 3.72. The van der Waals surface area contributed by atoms with Crippen molar-refractivity contribution in [2.24, 2.45) is 0 Å². The Morgan fingerprint density at radius 1 is 1.29 bits per heavy atom. The number of phenols is 1. The minimum absolute atomic E-state index is 0.0120. The van der Waals surface area contributed by atoms with Gasteiger partial charge in [0.05, 0.1) is 21.3 Å². The van der Waals surface area contributed by atoms with Crippen LogP contribution in [0.25, 0.3) is 11.3 Å². The summed E-state index contributed by atoms with van der Waals surface area (Å²) < 4.78 is 1.65. The molecule has 0 spiro atoms. The standard InChI is InChI=1S/C16H15Cl2NO2/c1-2-19-12(8-9-4-3-5-10(9)16(19)21)14-13(20)7-6-11(17)15(14)18/h6-8,20H,2-5H2,1H3. The van der Waals surface area contributed by atoms with Crippen LogP contribution in [0.5, 0.6) is 5.75 Å². The fourth-order valence-corrected chi connectivity index (χ4v) is 3.41. The van der Waals surface area contributed by atoms with Gasteiger partial charge in [0.15, 0.2) is 0 Å². The van der Waals surface area contributed by atoms with E-state index in [-0.39, 0.29) is 16.3 Å². The number of pyridine rings is 1. The van der Waals surface area contributed by atoms with Crippen LogP contribution in [0.1, 0.15) is 24.5 Å². The van der Waals surface area contributed by atoms with Gasteiger partial charge in [-0.3, -0.25) is 4.79 Å². The van der Waals surface area contributed by atoms with E-state index in [9.17, 15) is 9.90 Å². The van der Waals surface area contributed by atoms with Crippen molar-refractivity contribution in [3.05, 3.63) is 49.7 Å². The van der Waals surface area contributed by atoms with Crippen molar-refractivity contribution in [2.45, 2.75) is 32.7 Å². The van der Waals surface area contributed by atoms with Gasteiger partial charge in [0.25, 0.3) is 5.56 Å². The molecule has 1 aliphatic rings. The number of aromatic nitrogens is 1. The average Bonchev–Trinajstić information content (AvgIpc) is 2.92. The molecule has 1 aromatic carbocycles. The first-order valence-electron chi connectivity index (χ1n) is 6.97. The molecular formula is C16H15Cl2NO2. The predicted molar refractivity (Wildman–Crippen MR) is 85.5 cm³/mol. The Morgan fingerprint density at radius 2 is 2.05 bits per heavy atom. The van der Waals surface area contributed by atoms with E-state index in [2.05, 4.69) is 0 Å². The summed E-state index contributed by atoms with van der Waals surface area (Å²) in [5.41, 5.74) is 3.01. The molecule has 110 valence electrons. The lowest BCUT2D eigenvalue weighted by molar-refractivity contribution is 0.476. The third kappa shape index (κ3) is 2.25. The zero-order valence-corrected chi connectivity index (χ0v) is 13.1. The van der Waals surface area contributed by atoms with E-state index in [1.807, 2.05) is 13.0 Å². The molecule has 0 aliphatic heterocycles. The number of hydrogen-bond acceptors (Lipinski definition) is 2. The van der Waals surface area contributed by atoms with Gasteiger partial charge in [-0.15, -0.1) is 0 Å². The van der Waals surface area contributed by atoms with Crippen LogP contribution in [0.2, 0.25) is 10.0 Å². The normalized spacial score (nSPS) is 13.5. The maximum Gasteiger partial charge on any atom is 0.254 e. The van der Waals surface area contributed by atoms with Gasteiger partial charge in [-0.1, -0.05) is 23.2 Å². The predicted octanol–water partition coefficient (Wildman–Crippen LogP) is 4.04. The molecule has 0 amide bonds. The van der Waals surface area contributed by atoms with Crippen LogP contribution in [0.15, 0.2) is 23.0 Å². The highest BCUT2D eigenvalue weighted by atomic mass is 35.5. The van der Waals surface area contributed by atoms with E-state index < -0.39 is 0 Å². The second kappa shape index (κ2) is 5.39. The molecule has 1 aromatic heterocycles. The van der Waals surface area contributed by atoms with E-state index in [1.165, 1.54) is 6.07 Å². The Balaban J connectivity index is 2.37. The molecule has 0 fully saturated rings. The SMILES string of the molecule is CCn1c(-c2c(O)ccc(Cl)c2Cl)cc2c(c1=O)CCC2. The summed E-state index contributed by atoms with van der Waals surface area (Å²) in [4.78, 5) is 12.6. The summed E-state index contributed by atoms with van der Waals surface area (Å²) in [5.74, 6) is 0.0314. The molecular weight excluding hydrogens is 309 g/mol. The van der Waals surface area contributed by atoms with Crippen LogP contribution in [0, 0.1) is 0 Å². The largest absolute Gasteiger partial charge is 0.507 e. The van der Waals surface area contributed by atoms with Gasteiger partial charge in [0.2, 0.25) is 0 Å². The van der Waals surface area contributed by atoms with Crippen molar-refractivity contribution in [2.75, 3.05) is 0 Å². The second-order valence-corrected chi connectivity index (χ2v) is 5.98. The molecule has 5 heteroatoms. The third-order valence-corrected chi connectivity index (χ3v) is 4.82.